The molecule has 0 saturated carbocycles. The molecule has 0 saturated heterocycles. The number of hydrogen-bond acceptors (Lipinski definition) is 4. The summed E-state index contributed by atoms with van der Waals surface area (Å²) in [5.74, 6) is 1.14. The minimum Gasteiger partial charge on any atom is -0.486 e. The van der Waals surface area contributed by atoms with E-state index in [1.165, 1.54) is 11.8 Å². The Hall–Kier alpha value is -1.75. The van der Waals surface area contributed by atoms with Crippen LogP contribution in [0.4, 0.5) is 0 Å². The van der Waals surface area contributed by atoms with E-state index in [1.807, 2.05) is 18.2 Å². The number of amides is 1. The molecule has 1 aliphatic rings. The van der Waals surface area contributed by atoms with Gasteiger partial charge in [0.25, 0.3) is 5.91 Å². The summed E-state index contributed by atoms with van der Waals surface area (Å²) in [6, 6.07) is 5.59. The van der Waals surface area contributed by atoms with Gasteiger partial charge in [0.05, 0.1) is 0 Å². The fourth-order valence-electron chi connectivity index (χ4n) is 1.86. The number of aliphatic hydroxyl groups excluding tert-OH is 1. The highest BCUT2D eigenvalue weighted by molar-refractivity contribution is 5.79. The van der Waals surface area contributed by atoms with Crippen molar-refractivity contribution < 1.29 is 19.4 Å². The van der Waals surface area contributed by atoms with Crippen molar-refractivity contribution in [1.82, 2.24) is 4.90 Å². The summed E-state index contributed by atoms with van der Waals surface area (Å²) in [6.07, 6.45) is -0.979. The first-order chi connectivity index (χ1) is 8.58. The third kappa shape index (κ3) is 2.73. The van der Waals surface area contributed by atoms with Gasteiger partial charge in [-0.2, -0.15) is 0 Å². The van der Waals surface area contributed by atoms with Crippen LogP contribution in [0.25, 0.3) is 0 Å². The number of carbonyl (C=O) groups is 1. The van der Waals surface area contributed by atoms with Crippen LogP contribution in [-0.4, -0.2) is 42.3 Å². The third-order valence-corrected chi connectivity index (χ3v) is 2.76. The van der Waals surface area contributed by atoms with E-state index in [0.717, 1.165) is 11.3 Å². The lowest BCUT2D eigenvalue weighted by Gasteiger charge is -2.21. The van der Waals surface area contributed by atoms with Crippen molar-refractivity contribution >= 4 is 5.91 Å². The number of nitrogens with zero attached hydrogens (tertiary/aromatic N) is 1. The zero-order valence-corrected chi connectivity index (χ0v) is 10.5. The summed E-state index contributed by atoms with van der Waals surface area (Å²) >= 11 is 0. The van der Waals surface area contributed by atoms with Crippen LogP contribution >= 0.6 is 0 Å². The lowest BCUT2D eigenvalue weighted by Crippen LogP contribution is -2.34. The van der Waals surface area contributed by atoms with Crippen LogP contribution in [0.5, 0.6) is 11.5 Å². The number of hydrogen-bond donors (Lipinski definition) is 1. The summed E-state index contributed by atoms with van der Waals surface area (Å²) in [5.41, 5.74) is 0.941. The Morgan fingerprint density at radius 2 is 2.06 bits per heavy atom. The van der Waals surface area contributed by atoms with E-state index in [9.17, 15) is 9.90 Å². The van der Waals surface area contributed by atoms with Gasteiger partial charge in [-0.3, -0.25) is 4.79 Å². The molecule has 1 unspecified atom stereocenters. The maximum Gasteiger partial charge on any atom is 0.251 e. The monoisotopic (exact) mass is 251 g/mol. The summed E-state index contributed by atoms with van der Waals surface area (Å²) in [6.45, 7) is 2.99. The second kappa shape index (κ2) is 5.27. The molecule has 98 valence electrons. The summed E-state index contributed by atoms with van der Waals surface area (Å²) in [7, 11) is 1.66. The normalized spacial score (nSPS) is 15.1. The lowest BCUT2D eigenvalue weighted by molar-refractivity contribution is -0.138. The van der Waals surface area contributed by atoms with Crippen molar-refractivity contribution in [3.05, 3.63) is 23.8 Å². The molecule has 1 aromatic carbocycles. The fraction of sp³-hybridized carbons (Fsp3) is 0.462. The van der Waals surface area contributed by atoms with E-state index in [-0.39, 0.29) is 5.91 Å². The Morgan fingerprint density at radius 1 is 1.39 bits per heavy atom. The van der Waals surface area contributed by atoms with Crippen LogP contribution in [0.3, 0.4) is 0 Å². The molecule has 1 aliphatic heterocycles. The van der Waals surface area contributed by atoms with Gasteiger partial charge < -0.3 is 19.5 Å². The van der Waals surface area contributed by atoms with Crippen molar-refractivity contribution in [2.24, 2.45) is 0 Å². The van der Waals surface area contributed by atoms with Crippen molar-refractivity contribution in [3.8, 4) is 11.5 Å². The van der Waals surface area contributed by atoms with E-state index in [4.69, 9.17) is 9.47 Å². The number of fused-ring (bicyclic) bond motifs is 1. The van der Waals surface area contributed by atoms with Gasteiger partial charge in [-0.25, -0.2) is 0 Å². The highest BCUT2D eigenvalue weighted by Crippen LogP contribution is 2.31. The molecule has 5 nitrogen and oxygen atoms in total. The molecule has 0 aromatic heterocycles. The number of aliphatic hydroxyl groups is 1. The molecule has 0 bridgehead atoms. The molecule has 0 fully saturated rings. The quantitative estimate of drug-likeness (QED) is 0.863. The topological polar surface area (TPSA) is 59.0 Å². The number of benzene rings is 1. The van der Waals surface area contributed by atoms with Gasteiger partial charge in [-0.15, -0.1) is 0 Å². The van der Waals surface area contributed by atoms with Gasteiger partial charge in [0, 0.05) is 13.6 Å². The van der Waals surface area contributed by atoms with Crippen LogP contribution in [0, 0.1) is 0 Å². The first-order valence-corrected chi connectivity index (χ1v) is 5.89. The van der Waals surface area contributed by atoms with Gasteiger partial charge in [0.15, 0.2) is 11.5 Å². The zero-order chi connectivity index (χ0) is 13.1. The molecule has 5 heteroatoms. The van der Waals surface area contributed by atoms with Gasteiger partial charge in [0.1, 0.15) is 19.3 Å². The minimum atomic E-state index is -0.979. The van der Waals surface area contributed by atoms with E-state index < -0.39 is 6.10 Å². The van der Waals surface area contributed by atoms with E-state index >= 15 is 0 Å². The largest absolute Gasteiger partial charge is 0.486 e. The molecule has 1 heterocycles. The number of ether oxygens (including phenoxy) is 2. The van der Waals surface area contributed by atoms with Gasteiger partial charge >= 0.3 is 0 Å². The average molecular weight is 251 g/mol. The summed E-state index contributed by atoms with van der Waals surface area (Å²) in [5, 5.41) is 9.23. The second-order valence-electron chi connectivity index (χ2n) is 4.35. The number of likely N-dealkylation sites (N-methyl/N-ethyl adjacent to an activating group) is 1. The first kappa shape index (κ1) is 12.7. The van der Waals surface area contributed by atoms with Crippen LogP contribution in [0.2, 0.25) is 0 Å². The van der Waals surface area contributed by atoms with Crippen molar-refractivity contribution in [1.29, 1.82) is 0 Å². The molecule has 1 aromatic rings. The lowest BCUT2D eigenvalue weighted by atomic mass is 10.1. The Bertz CT molecular complexity index is 445. The zero-order valence-electron chi connectivity index (χ0n) is 10.5. The predicted molar refractivity (Wildman–Crippen MR) is 65.6 cm³/mol. The molecule has 2 rings (SSSR count). The van der Waals surface area contributed by atoms with Gasteiger partial charge in [-0.1, -0.05) is 6.07 Å². The second-order valence-corrected chi connectivity index (χ2v) is 4.35. The van der Waals surface area contributed by atoms with Crippen molar-refractivity contribution in [3.63, 3.8) is 0 Å². The number of rotatable bonds is 3. The molecule has 0 spiro atoms. The number of carbonyl (C=O) groups excluding carboxylic acids is 1. The van der Waals surface area contributed by atoms with Crippen molar-refractivity contribution in [2.45, 2.75) is 19.6 Å². The van der Waals surface area contributed by atoms with Gasteiger partial charge in [0.2, 0.25) is 0 Å². The highest BCUT2D eigenvalue weighted by atomic mass is 16.6. The van der Waals surface area contributed by atoms with Crippen LogP contribution in [0.15, 0.2) is 18.2 Å². The summed E-state index contributed by atoms with van der Waals surface area (Å²) in [4.78, 5) is 13.0. The Morgan fingerprint density at radius 3 is 2.72 bits per heavy atom. The van der Waals surface area contributed by atoms with Crippen LogP contribution < -0.4 is 9.47 Å². The molecule has 1 N–H and O–H groups in total. The standard InChI is InChI=1S/C13H17NO4/c1-9(15)13(16)14(2)8-10-3-4-11-12(7-10)18-6-5-17-11/h3-4,7,9,15H,5-6,8H2,1-2H3. The Kier molecular flexibility index (Phi) is 3.72. The van der Waals surface area contributed by atoms with Crippen LogP contribution in [0.1, 0.15) is 12.5 Å². The molecular formula is C13H17NO4. The molecule has 0 aliphatic carbocycles. The molecule has 18 heavy (non-hydrogen) atoms. The predicted octanol–water partition coefficient (Wildman–Crippen LogP) is 0.797. The van der Waals surface area contributed by atoms with E-state index in [2.05, 4.69) is 0 Å². The Labute approximate surface area is 106 Å². The Balaban J connectivity index is 2.08. The molecule has 0 radical (unpaired) electrons. The average Bonchev–Trinajstić information content (AvgIpc) is 2.37. The van der Waals surface area contributed by atoms with E-state index in [1.54, 1.807) is 7.05 Å². The fourth-order valence-corrected chi connectivity index (χ4v) is 1.86. The molecular weight excluding hydrogens is 234 g/mol. The first-order valence-electron chi connectivity index (χ1n) is 5.89. The maximum absolute atomic E-state index is 11.6. The van der Waals surface area contributed by atoms with Crippen LogP contribution in [-0.2, 0) is 11.3 Å². The van der Waals surface area contributed by atoms with Gasteiger partial charge in [-0.05, 0) is 24.6 Å². The molecule has 1 atom stereocenters. The SMILES string of the molecule is CC(O)C(=O)N(C)Cc1ccc2c(c1)OCCO2. The molecule has 1 amide bonds. The highest BCUT2D eigenvalue weighted by Gasteiger charge is 2.16. The van der Waals surface area contributed by atoms with E-state index in [0.29, 0.717) is 25.5 Å². The minimum absolute atomic E-state index is 0.301. The third-order valence-electron chi connectivity index (χ3n) is 2.76. The summed E-state index contributed by atoms with van der Waals surface area (Å²) < 4.78 is 10.9. The maximum atomic E-state index is 11.6. The smallest absolute Gasteiger partial charge is 0.251 e. The van der Waals surface area contributed by atoms with Crippen molar-refractivity contribution in [2.75, 3.05) is 20.3 Å².